The Morgan fingerprint density at radius 1 is 1.25 bits per heavy atom. The van der Waals surface area contributed by atoms with Crippen LogP contribution in [-0.2, 0) is 0 Å². The molecule has 0 saturated carbocycles. The van der Waals surface area contributed by atoms with E-state index in [0.717, 1.165) is 10.6 Å². The Labute approximate surface area is 75.2 Å². The average Bonchev–Trinajstić information content (AvgIpc) is 2.25. The van der Waals surface area contributed by atoms with Crippen molar-refractivity contribution >= 4 is 23.3 Å². The molecule has 2 N–H and O–H groups in total. The number of amidine groups is 1. The number of nitrogens with zero attached hydrogens (tertiary/aromatic N) is 1. The molecule has 0 bridgehead atoms. The number of para-hydroxylation sites is 1. The van der Waals surface area contributed by atoms with Crippen molar-refractivity contribution in [3.05, 3.63) is 35.7 Å². The monoisotopic (exact) mass is 176 g/mol. The Balaban J connectivity index is 2.54. The van der Waals surface area contributed by atoms with Gasteiger partial charge in [0.25, 0.3) is 0 Å². The van der Waals surface area contributed by atoms with E-state index in [1.165, 1.54) is 0 Å². The van der Waals surface area contributed by atoms with Gasteiger partial charge in [0, 0.05) is 4.90 Å². The minimum absolute atomic E-state index is 0.562. The highest BCUT2D eigenvalue weighted by Gasteiger charge is 2.02. The van der Waals surface area contributed by atoms with Gasteiger partial charge < -0.3 is 5.73 Å². The van der Waals surface area contributed by atoms with Crippen LogP contribution in [0, 0.1) is 0 Å². The summed E-state index contributed by atoms with van der Waals surface area (Å²) in [7, 11) is 0. The average molecular weight is 176 g/mol. The van der Waals surface area contributed by atoms with Gasteiger partial charge >= 0.3 is 0 Å². The molecule has 1 aliphatic heterocycles. The molecule has 2 rings (SSSR count). The minimum Gasteiger partial charge on any atom is -0.384 e. The van der Waals surface area contributed by atoms with Crippen molar-refractivity contribution in [1.82, 2.24) is 0 Å². The van der Waals surface area contributed by atoms with E-state index >= 15 is 0 Å². The third-order valence-electron chi connectivity index (χ3n) is 1.55. The number of hydrogen-bond donors (Lipinski definition) is 1. The van der Waals surface area contributed by atoms with E-state index < -0.39 is 0 Å². The smallest absolute Gasteiger partial charge is 0.124 e. The second kappa shape index (κ2) is 3.03. The Bertz CT molecular complexity index is 355. The Morgan fingerprint density at radius 2 is 2.08 bits per heavy atom. The Hall–Kier alpha value is -1.22. The van der Waals surface area contributed by atoms with Gasteiger partial charge in [0.15, 0.2) is 0 Å². The first-order valence-corrected chi connectivity index (χ1v) is 4.50. The van der Waals surface area contributed by atoms with Gasteiger partial charge in [-0.3, -0.25) is 0 Å². The van der Waals surface area contributed by atoms with Crippen molar-refractivity contribution < 1.29 is 0 Å². The Morgan fingerprint density at radius 3 is 3.00 bits per heavy atom. The van der Waals surface area contributed by atoms with Crippen LogP contribution in [-0.4, -0.2) is 5.84 Å². The number of hydrogen-bond acceptors (Lipinski definition) is 3. The number of rotatable bonds is 0. The van der Waals surface area contributed by atoms with Gasteiger partial charge in [-0.05, 0) is 23.6 Å². The fourth-order valence-corrected chi connectivity index (χ4v) is 1.75. The molecule has 0 radical (unpaired) electrons. The van der Waals surface area contributed by atoms with Crippen LogP contribution in [0.1, 0.15) is 0 Å². The number of benzene rings is 1. The van der Waals surface area contributed by atoms with Gasteiger partial charge in [-0.25, -0.2) is 4.99 Å². The largest absolute Gasteiger partial charge is 0.384 e. The van der Waals surface area contributed by atoms with E-state index in [0.29, 0.717) is 5.84 Å². The highest BCUT2D eigenvalue weighted by atomic mass is 32.2. The van der Waals surface area contributed by atoms with Crippen LogP contribution >= 0.6 is 11.8 Å². The van der Waals surface area contributed by atoms with E-state index in [4.69, 9.17) is 5.73 Å². The Kier molecular flexibility index (Phi) is 1.87. The third kappa shape index (κ3) is 1.36. The van der Waals surface area contributed by atoms with Gasteiger partial charge in [-0.2, -0.15) is 0 Å². The number of thioether (sulfide) groups is 1. The second-order valence-corrected chi connectivity index (χ2v) is 3.37. The lowest BCUT2D eigenvalue weighted by Gasteiger charge is -1.98. The lowest BCUT2D eigenvalue weighted by atomic mass is 10.3. The van der Waals surface area contributed by atoms with Gasteiger partial charge in [-0.1, -0.05) is 23.9 Å². The number of fused-ring (bicyclic) bond motifs is 1. The van der Waals surface area contributed by atoms with Gasteiger partial charge in [0.2, 0.25) is 0 Å². The molecule has 0 amide bonds. The summed E-state index contributed by atoms with van der Waals surface area (Å²) in [5.41, 5.74) is 6.55. The summed E-state index contributed by atoms with van der Waals surface area (Å²) >= 11 is 1.64. The van der Waals surface area contributed by atoms with E-state index in [9.17, 15) is 0 Å². The second-order valence-electron chi connectivity index (χ2n) is 2.42. The quantitative estimate of drug-likeness (QED) is 0.658. The molecule has 2 nitrogen and oxygen atoms in total. The molecule has 0 aromatic heterocycles. The number of nitrogens with two attached hydrogens (primary N) is 1. The summed E-state index contributed by atoms with van der Waals surface area (Å²) in [5.74, 6) is 0.562. The fraction of sp³-hybridized carbons (Fsp3) is 0. The van der Waals surface area contributed by atoms with Crippen LogP contribution in [0.4, 0.5) is 5.69 Å². The normalized spacial score (nSPS) is 14.8. The van der Waals surface area contributed by atoms with Gasteiger partial charge in [0.05, 0.1) is 5.69 Å². The van der Waals surface area contributed by atoms with Crippen molar-refractivity contribution in [2.45, 2.75) is 4.90 Å². The molecule has 0 aliphatic carbocycles. The molecule has 60 valence electrons. The van der Waals surface area contributed by atoms with Gasteiger partial charge in [0.1, 0.15) is 5.84 Å². The molecule has 1 heterocycles. The molecule has 1 aliphatic rings. The van der Waals surface area contributed by atoms with Crippen molar-refractivity contribution in [2.75, 3.05) is 0 Å². The molecule has 3 heteroatoms. The summed E-state index contributed by atoms with van der Waals surface area (Å²) in [4.78, 5) is 5.37. The molecular weight excluding hydrogens is 168 g/mol. The SMILES string of the molecule is NC1=Nc2ccccc2SC=C1. The molecule has 0 atom stereocenters. The summed E-state index contributed by atoms with van der Waals surface area (Å²) < 4.78 is 0. The van der Waals surface area contributed by atoms with Crippen LogP contribution in [0.3, 0.4) is 0 Å². The highest BCUT2D eigenvalue weighted by Crippen LogP contribution is 2.31. The first-order chi connectivity index (χ1) is 5.86. The molecule has 0 fully saturated rings. The van der Waals surface area contributed by atoms with Crippen molar-refractivity contribution in [3.63, 3.8) is 0 Å². The zero-order valence-corrected chi connectivity index (χ0v) is 7.21. The summed E-state index contributed by atoms with van der Waals surface area (Å²) in [5, 5.41) is 1.95. The van der Waals surface area contributed by atoms with E-state index in [1.807, 2.05) is 35.7 Å². The van der Waals surface area contributed by atoms with Crippen LogP contribution in [0.2, 0.25) is 0 Å². The molecule has 0 saturated heterocycles. The lowest BCUT2D eigenvalue weighted by Crippen LogP contribution is -2.05. The summed E-state index contributed by atoms with van der Waals surface area (Å²) in [6.07, 6.45) is 1.81. The van der Waals surface area contributed by atoms with E-state index in [2.05, 4.69) is 4.99 Å². The number of aliphatic imine (C=N–C) groups is 1. The zero-order valence-electron chi connectivity index (χ0n) is 6.40. The molecule has 1 aromatic rings. The van der Waals surface area contributed by atoms with Gasteiger partial charge in [-0.15, -0.1) is 0 Å². The van der Waals surface area contributed by atoms with Crippen LogP contribution < -0.4 is 5.73 Å². The molecule has 0 spiro atoms. The van der Waals surface area contributed by atoms with Crippen LogP contribution in [0.25, 0.3) is 0 Å². The third-order valence-corrected chi connectivity index (χ3v) is 2.42. The van der Waals surface area contributed by atoms with Crippen molar-refractivity contribution in [1.29, 1.82) is 0 Å². The topological polar surface area (TPSA) is 38.4 Å². The molecule has 0 unspecified atom stereocenters. The maximum Gasteiger partial charge on any atom is 0.124 e. The molecular formula is C9H8N2S. The van der Waals surface area contributed by atoms with Crippen molar-refractivity contribution in [2.24, 2.45) is 10.7 Å². The zero-order chi connectivity index (χ0) is 8.39. The summed E-state index contributed by atoms with van der Waals surface area (Å²) in [6.45, 7) is 0. The first kappa shape index (κ1) is 7.43. The maximum absolute atomic E-state index is 5.60. The predicted octanol–water partition coefficient (Wildman–Crippen LogP) is 2.29. The standard InChI is InChI=1S/C9H8N2S/c10-9-5-6-12-8-4-2-1-3-7(8)11-9/h1-6H,(H2,10,11). The highest BCUT2D eigenvalue weighted by molar-refractivity contribution is 8.02. The first-order valence-electron chi connectivity index (χ1n) is 3.63. The lowest BCUT2D eigenvalue weighted by molar-refractivity contribution is 1.37. The van der Waals surface area contributed by atoms with Crippen LogP contribution in [0.5, 0.6) is 0 Å². The molecule has 12 heavy (non-hydrogen) atoms. The fourth-order valence-electron chi connectivity index (χ4n) is 1.00. The summed E-state index contributed by atoms with van der Waals surface area (Å²) in [6, 6.07) is 7.95. The predicted molar refractivity (Wildman–Crippen MR) is 52.7 cm³/mol. The van der Waals surface area contributed by atoms with E-state index in [-0.39, 0.29) is 0 Å². The minimum atomic E-state index is 0.562. The molecule has 1 aromatic carbocycles. The maximum atomic E-state index is 5.60. The van der Waals surface area contributed by atoms with Crippen LogP contribution in [0.15, 0.2) is 45.6 Å². The van der Waals surface area contributed by atoms with Crippen molar-refractivity contribution in [3.8, 4) is 0 Å². The van der Waals surface area contributed by atoms with E-state index in [1.54, 1.807) is 11.8 Å².